The zero-order valence-electron chi connectivity index (χ0n) is 17.7. The van der Waals surface area contributed by atoms with Crippen LogP contribution in [0.3, 0.4) is 0 Å². The van der Waals surface area contributed by atoms with Crippen molar-refractivity contribution in [3.8, 4) is 5.75 Å². The summed E-state index contributed by atoms with van der Waals surface area (Å²) in [7, 11) is 0.00995. The lowest BCUT2D eigenvalue weighted by Gasteiger charge is -2.52. The van der Waals surface area contributed by atoms with Crippen LogP contribution in [-0.2, 0) is 4.43 Å². The molecule has 3 aliphatic rings. The molecule has 3 fully saturated rings. The minimum absolute atomic E-state index is 0.107. The summed E-state index contributed by atoms with van der Waals surface area (Å²) in [5, 5.41) is 2.51. The Morgan fingerprint density at radius 2 is 2.04 bits per heavy atom. The highest BCUT2D eigenvalue weighted by atomic mass is 28.4. The number of ether oxygens (including phenoxy) is 1. The standard InChI is InChI=1S/C24H33NO2Si/c1-6-17-16-25-13-12-19(17)14-23(25)24(27-28(3,4)5)21-9-7-8-18-10-11-20(26-2)15-22(18)21/h6-11,15,17,19,23-24H,1,12-14,16H2,2-5H3/t17?,19?,23?,24-/m1/s1. The van der Waals surface area contributed by atoms with Gasteiger partial charge in [-0.1, -0.05) is 30.3 Å². The van der Waals surface area contributed by atoms with E-state index in [4.69, 9.17) is 9.16 Å². The largest absolute Gasteiger partial charge is 0.497 e. The fraction of sp³-hybridized carbons (Fsp3) is 0.500. The molecule has 2 aromatic carbocycles. The molecule has 150 valence electrons. The van der Waals surface area contributed by atoms with Crippen molar-refractivity contribution in [3.05, 3.63) is 54.6 Å². The van der Waals surface area contributed by atoms with Gasteiger partial charge in [-0.05, 0) is 79.3 Å². The Kier molecular flexibility index (Phi) is 5.38. The molecule has 3 heterocycles. The lowest BCUT2D eigenvalue weighted by atomic mass is 9.73. The Labute approximate surface area is 170 Å². The van der Waals surface area contributed by atoms with Gasteiger partial charge in [0.1, 0.15) is 5.75 Å². The van der Waals surface area contributed by atoms with Gasteiger partial charge in [-0.2, -0.15) is 0 Å². The zero-order valence-corrected chi connectivity index (χ0v) is 18.7. The first-order chi connectivity index (χ1) is 13.4. The smallest absolute Gasteiger partial charge is 0.184 e. The molecule has 3 saturated heterocycles. The molecule has 0 radical (unpaired) electrons. The van der Waals surface area contributed by atoms with E-state index in [2.05, 4.69) is 67.5 Å². The second-order valence-electron chi connectivity index (χ2n) is 9.33. The van der Waals surface area contributed by atoms with Crippen molar-refractivity contribution in [2.75, 3.05) is 20.2 Å². The van der Waals surface area contributed by atoms with Gasteiger partial charge >= 0.3 is 0 Å². The van der Waals surface area contributed by atoms with Crippen LogP contribution in [0.5, 0.6) is 5.75 Å². The van der Waals surface area contributed by atoms with Crippen LogP contribution in [0.4, 0.5) is 0 Å². The minimum atomic E-state index is -1.73. The topological polar surface area (TPSA) is 21.7 Å². The van der Waals surface area contributed by atoms with E-state index in [1.807, 2.05) is 6.07 Å². The molecule has 5 rings (SSSR count). The van der Waals surface area contributed by atoms with E-state index in [-0.39, 0.29) is 6.10 Å². The first-order valence-corrected chi connectivity index (χ1v) is 13.9. The van der Waals surface area contributed by atoms with Crippen molar-refractivity contribution >= 4 is 19.1 Å². The maximum absolute atomic E-state index is 6.90. The van der Waals surface area contributed by atoms with E-state index in [1.54, 1.807) is 7.11 Å². The van der Waals surface area contributed by atoms with Gasteiger partial charge in [0.2, 0.25) is 0 Å². The molecule has 28 heavy (non-hydrogen) atoms. The summed E-state index contributed by atoms with van der Waals surface area (Å²) >= 11 is 0. The average Bonchev–Trinajstić information content (AvgIpc) is 2.70. The normalized spacial score (nSPS) is 28.3. The Morgan fingerprint density at radius 3 is 2.68 bits per heavy atom. The number of fused-ring (bicyclic) bond motifs is 4. The lowest BCUT2D eigenvalue weighted by Crippen LogP contribution is -2.56. The van der Waals surface area contributed by atoms with E-state index >= 15 is 0 Å². The third-order valence-corrected chi connectivity index (χ3v) is 7.37. The van der Waals surface area contributed by atoms with Gasteiger partial charge in [-0.25, -0.2) is 0 Å². The Morgan fingerprint density at radius 1 is 1.21 bits per heavy atom. The Balaban J connectivity index is 1.78. The minimum Gasteiger partial charge on any atom is -0.497 e. The van der Waals surface area contributed by atoms with Gasteiger partial charge in [0.25, 0.3) is 0 Å². The van der Waals surface area contributed by atoms with Crippen molar-refractivity contribution < 1.29 is 9.16 Å². The summed E-state index contributed by atoms with van der Waals surface area (Å²) in [6.07, 6.45) is 4.77. The van der Waals surface area contributed by atoms with E-state index in [9.17, 15) is 0 Å². The van der Waals surface area contributed by atoms with Crippen molar-refractivity contribution in [1.82, 2.24) is 4.90 Å². The molecule has 0 amide bonds. The molecule has 0 saturated carbocycles. The molecule has 4 heteroatoms. The van der Waals surface area contributed by atoms with E-state index in [0.717, 1.165) is 18.2 Å². The molecule has 5 atom stereocenters. The maximum atomic E-state index is 6.90. The Bertz CT molecular complexity index is 859. The van der Waals surface area contributed by atoms with Gasteiger partial charge in [0, 0.05) is 12.6 Å². The van der Waals surface area contributed by atoms with Gasteiger partial charge in [-0.3, -0.25) is 4.90 Å². The zero-order chi connectivity index (χ0) is 19.9. The molecule has 0 spiro atoms. The number of rotatable bonds is 6. The number of piperidine rings is 3. The number of benzene rings is 2. The molecular formula is C24H33NO2Si. The van der Waals surface area contributed by atoms with Crippen LogP contribution in [0.1, 0.15) is 24.5 Å². The van der Waals surface area contributed by atoms with E-state index < -0.39 is 8.32 Å². The SMILES string of the molecule is C=CC1CN2CCC1CC2[C@H](O[Si](C)(C)C)c1cccc2ccc(OC)cc12. The quantitative estimate of drug-likeness (QED) is 0.467. The molecule has 0 aromatic heterocycles. The fourth-order valence-corrected chi connectivity index (χ4v) is 6.12. The van der Waals surface area contributed by atoms with E-state index in [0.29, 0.717) is 12.0 Å². The fourth-order valence-electron chi connectivity index (χ4n) is 5.07. The summed E-state index contributed by atoms with van der Waals surface area (Å²) < 4.78 is 12.4. The predicted octanol–water partition coefficient (Wildman–Crippen LogP) is 5.64. The number of nitrogens with zero attached hydrogens (tertiary/aromatic N) is 1. The molecule has 0 aliphatic carbocycles. The molecule has 4 unspecified atom stereocenters. The molecule has 2 bridgehead atoms. The van der Waals surface area contributed by atoms with Crippen molar-refractivity contribution in [2.45, 2.75) is 44.6 Å². The number of hydrogen-bond donors (Lipinski definition) is 0. The highest BCUT2D eigenvalue weighted by Gasteiger charge is 2.44. The number of methoxy groups -OCH3 is 1. The van der Waals surface area contributed by atoms with Crippen molar-refractivity contribution in [2.24, 2.45) is 11.8 Å². The van der Waals surface area contributed by atoms with Crippen LogP contribution in [-0.4, -0.2) is 39.5 Å². The summed E-state index contributed by atoms with van der Waals surface area (Å²) in [4.78, 5) is 2.66. The predicted molar refractivity (Wildman–Crippen MR) is 119 cm³/mol. The third-order valence-electron chi connectivity index (χ3n) is 6.41. The van der Waals surface area contributed by atoms with Crippen LogP contribution < -0.4 is 4.74 Å². The molecular weight excluding hydrogens is 362 g/mol. The summed E-state index contributed by atoms with van der Waals surface area (Å²) in [6, 6.07) is 13.4. The average molecular weight is 396 g/mol. The number of hydrogen-bond acceptors (Lipinski definition) is 3. The van der Waals surface area contributed by atoms with Crippen LogP contribution in [0.2, 0.25) is 19.6 Å². The molecule has 3 nitrogen and oxygen atoms in total. The summed E-state index contributed by atoms with van der Waals surface area (Å²) in [5.74, 6) is 2.28. The second-order valence-corrected chi connectivity index (χ2v) is 13.8. The third kappa shape index (κ3) is 3.78. The van der Waals surface area contributed by atoms with Crippen LogP contribution in [0.25, 0.3) is 10.8 Å². The first-order valence-electron chi connectivity index (χ1n) is 10.5. The van der Waals surface area contributed by atoms with Crippen molar-refractivity contribution in [1.29, 1.82) is 0 Å². The van der Waals surface area contributed by atoms with Gasteiger partial charge in [0.15, 0.2) is 8.32 Å². The van der Waals surface area contributed by atoms with E-state index in [1.165, 1.54) is 35.7 Å². The summed E-state index contributed by atoms with van der Waals surface area (Å²) in [6.45, 7) is 13.3. The monoisotopic (exact) mass is 395 g/mol. The maximum Gasteiger partial charge on any atom is 0.184 e. The first kappa shape index (κ1) is 19.7. The summed E-state index contributed by atoms with van der Waals surface area (Å²) in [5.41, 5.74) is 1.31. The van der Waals surface area contributed by atoms with Crippen LogP contribution in [0.15, 0.2) is 49.1 Å². The molecule has 3 aliphatic heterocycles. The van der Waals surface area contributed by atoms with Crippen LogP contribution >= 0.6 is 0 Å². The Hall–Kier alpha value is -1.62. The van der Waals surface area contributed by atoms with Crippen LogP contribution in [0, 0.1) is 11.8 Å². The molecule has 2 aromatic rings. The highest BCUT2D eigenvalue weighted by Crippen LogP contribution is 2.44. The van der Waals surface area contributed by atoms with Gasteiger partial charge < -0.3 is 9.16 Å². The van der Waals surface area contributed by atoms with Gasteiger partial charge in [0.05, 0.1) is 13.2 Å². The lowest BCUT2D eigenvalue weighted by molar-refractivity contribution is -0.0381. The highest BCUT2D eigenvalue weighted by molar-refractivity contribution is 6.69. The van der Waals surface area contributed by atoms with Gasteiger partial charge in [-0.15, -0.1) is 6.58 Å². The second kappa shape index (κ2) is 7.66. The van der Waals surface area contributed by atoms with Crippen molar-refractivity contribution in [3.63, 3.8) is 0 Å². The molecule has 0 N–H and O–H groups in total.